The standard InChI is InChI=1S/C21H23FN4O4S/c1-31(29,30)17-6-7-25(13-17)11-15-12-26(10-14-2-4-16(22)5-3-14)20-9-23-19(8-18(15)20)21(27)24-28/h2-5,8-9,12,17,28H,6-7,10-11,13H2,1H3,(H,24,27)/t17-/m1/s1. The third-order valence-corrected chi connectivity index (χ3v) is 7.27. The summed E-state index contributed by atoms with van der Waals surface area (Å²) in [6.45, 7) is 2.12. The van der Waals surface area contributed by atoms with Gasteiger partial charge in [-0.2, -0.15) is 0 Å². The third kappa shape index (κ3) is 4.60. The summed E-state index contributed by atoms with van der Waals surface area (Å²) in [4.78, 5) is 18.1. The van der Waals surface area contributed by atoms with E-state index in [1.54, 1.807) is 29.9 Å². The van der Waals surface area contributed by atoms with Gasteiger partial charge in [-0.1, -0.05) is 12.1 Å². The normalized spacial score (nSPS) is 17.3. The van der Waals surface area contributed by atoms with Gasteiger partial charge in [0.1, 0.15) is 11.5 Å². The molecule has 0 spiro atoms. The number of fused-ring (bicyclic) bond motifs is 1. The van der Waals surface area contributed by atoms with Crippen LogP contribution in [0.2, 0.25) is 0 Å². The van der Waals surface area contributed by atoms with Crippen LogP contribution in [-0.2, 0) is 22.9 Å². The number of pyridine rings is 1. The molecule has 4 rings (SSSR count). The molecular weight excluding hydrogens is 423 g/mol. The van der Waals surface area contributed by atoms with Crippen molar-refractivity contribution in [2.45, 2.75) is 24.8 Å². The lowest BCUT2D eigenvalue weighted by atomic mass is 10.1. The molecule has 1 atom stereocenters. The van der Waals surface area contributed by atoms with Gasteiger partial charge in [-0.25, -0.2) is 23.3 Å². The first-order valence-electron chi connectivity index (χ1n) is 9.82. The van der Waals surface area contributed by atoms with Crippen molar-refractivity contribution in [1.29, 1.82) is 0 Å². The van der Waals surface area contributed by atoms with Crippen LogP contribution in [0.15, 0.2) is 42.7 Å². The Kier molecular flexibility index (Phi) is 5.78. The van der Waals surface area contributed by atoms with E-state index in [0.717, 1.165) is 22.0 Å². The maximum Gasteiger partial charge on any atom is 0.293 e. The first kappa shape index (κ1) is 21.4. The van der Waals surface area contributed by atoms with Crippen molar-refractivity contribution < 1.29 is 22.8 Å². The summed E-state index contributed by atoms with van der Waals surface area (Å²) in [5, 5.41) is 9.36. The van der Waals surface area contributed by atoms with Crippen LogP contribution < -0.4 is 5.48 Å². The van der Waals surface area contributed by atoms with E-state index in [1.165, 1.54) is 18.4 Å². The van der Waals surface area contributed by atoms with E-state index in [4.69, 9.17) is 5.21 Å². The fourth-order valence-corrected chi connectivity index (χ4v) is 5.03. The Balaban J connectivity index is 1.68. The summed E-state index contributed by atoms with van der Waals surface area (Å²) >= 11 is 0. The summed E-state index contributed by atoms with van der Waals surface area (Å²) in [6, 6.07) is 7.83. The average Bonchev–Trinajstić information content (AvgIpc) is 3.34. The minimum atomic E-state index is -3.10. The molecule has 2 aromatic heterocycles. The van der Waals surface area contributed by atoms with Crippen LogP contribution in [0.5, 0.6) is 0 Å². The summed E-state index contributed by atoms with van der Waals surface area (Å²) in [5.41, 5.74) is 4.27. The number of sulfone groups is 1. The molecule has 1 aliphatic heterocycles. The van der Waals surface area contributed by atoms with Crippen molar-refractivity contribution in [2.24, 2.45) is 0 Å². The molecule has 10 heteroatoms. The van der Waals surface area contributed by atoms with E-state index in [0.29, 0.717) is 32.6 Å². The number of halogens is 1. The van der Waals surface area contributed by atoms with E-state index < -0.39 is 15.7 Å². The number of likely N-dealkylation sites (tertiary alicyclic amines) is 1. The molecule has 1 aliphatic rings. The highest BCUT2D eigenvalue weighted by Gasteiger charge is 2.30. The van der Waals surface area contributed by atoms with Crippen molar-refractivity contribution in [3.05, 3.63) is 65.4 Å². The van der Waals surface area contributed by atoms with Gasteiger partial charge in [-0.15, -0.1) is 0 Å². The van der Waals surface area contributed by atoms with Gasteiger partial charge in [-0.3, -0.25) is 14.9 Å². The molecule has 0 unspecified atom stereocenters. The maximum absolute atomic E-state index is 13.3. The van der Waals surface area contributed by atoms with Crippen molar-refractivity contribution in [1.82, 2.24) is 19.9 Å². The second kappa shape index (κ2) is 8.37. The Hall–Kier alpha value is -2.82. The quantitative estimate of drug-likeness (QED) is 0.443. The van der Waals surface area contributed by atoms with Gasteiger partial charge in [0, 0.05) is 37.5 Å². The first-order chi connectivity index (χ1) is 14.7. The Morgan fingerprint density at radius 3 is 2.68 bits per heavy atom. The molecule has 1 amide bonds. The topological polar surface area (TPSA) is 105 Å². The molecule has 0 aliphatic carbocycles. The third-order valence-electron chi connectivity index (χ3n) is 5.68. The monoisotopic (exact) mass is 446 g/mol. The highest BCUT2D eigenvalue weighted by atomic mass is 32.2. The van der Waals surface area contributed by atoms with Crippen molar-refractivity contribution in [2.75, 3.05) is 19.3 Å². The number of aromatic nitrogens is 2. The molecule has 164 valence electrons. The Morgan fingerprint density at radius 2 is 2.03 bits per heavy atom. The lowest BCUT2D eigenvalue weighted by molar-refractivity contribution is 0.0701. The molecule has 1 aromatic carbocycles. The van der Waals surface area contributed by atoms with Crippen molar-refractivity contribution >= 4 is 26.6 Å². The summed E-state index contributed by atoms with van der Waals surface area (Å²) < 4.78 is 39.0. The van der Waals surface area contributed by atoms with E-state index in [1.807, 2.05) is 10.8 Å². The fourth-order valence-electron chi connectivity index (χ4n) is 4.02. The molecular formula is C21H23FN4O4S. The van der Waals surface area contributed by atoms with Gasteiger partial charge < -0.3 is 4.57 Å². The number of hydrogen-bond acceptors (Lipinski definition) is 6. The predicted octanol–water partition coefficient (Wildman–Crippen LogP) is 1.96. The van der Waals surface area contributed by atoms with E-state index >= 15 is 0 Å². The zero-order chi connectivity index (χ0) is 22.2. The first-order valence-corrected chi connectivity index (χ1v) is 11.8. The SMILES string of the molecule is CS(=O)(=O)[C@@H]1CCN(Cc2cn(Cc3ccc(F)cc3)c3cnc(C(=O)NO)cc23)C1. The minimum Gasteiger partial charge on any atom is -0.341 e. The maximum atomic E-state index is 13.3. The van der Waals surface area contributed by atoms with E-state index in [-0.39, 0.29) is 16.8 Å². The number of benzene rings is 1. The number of nitrogens with zero attached hydrogens (tertiary/aromatic N) is 3. The number of hydroxylamine groups is 1. The van der Waals surface area contributed by atoms with Gasteiger partial charge in [0.05, 0.1) is 17.0 Å². The van der Waals surface area contributed by atoms with Crippen LogP contribution >= 0.6 is 0 Å². The number of carbonyl (C=O) groups excluding carboxylic acids is 1. The second-order valence-corrected chi connectivity index (χ2v) is 10.2. The molecule has 0 bridgehead atoms. The van der Waals surface area contributed by atoms with Crippen LogP contribution in [0.3, 0.4) is 0 Å². The number of hydrogen-bond donors (Lipinski definition) is 2. The van der Waals surface area contributed by atoms with Gasteiger partial charge in [0.25, 0.3) is 5.91 Å². The van der Waals surface area contributed by atoms with Crippen LogP contribution in [0.4, 0.5) is 4.39 Å². The summed E-state index contributed by atoms with van der Waals surface area (Å²) in [6.07, 6.45) is 5.37. The Labute approximate surface area is 179 Å². The highest BCUT2D eigenvalue weighted by Crippen LogP contribution is 2.26. The zero-order valence-corrected chi connectivity index (χ0v) is 17.8. The Morgan fingerprint density at radius 1 is 1.29 bits per heavy atom. The van der Waals surface area contributed by atoms with Gasteiger partial charge >= 0.3 is 0 Å². The molecule has 31 heavy (non-hydrogen) atoms. The Bertz CT molecular complexity index is 1220. The van der Waals surface area contributed by atoms with Crippen molar-refractivity contribution in [3.8, 4) is 0 Å². The molecule has 0 saturated carbocycles. The lowest BCUT2D eigenvalue weighted by Crippen LogP contribution is -2.26. The smallest absolute Gasteiger partial charge is 0.293 e. The molecule has 2 N–H and O–H groups in total. The molecule has 8 nitrogen and oxygen atoms in total. The van der Waals surface area contributed by atoms with Crippen LogP contribution in [-0.4, -0.2) is 58.6 Å². The lowest BCUT2D eigenvalue weighted by Gasteiger charge is -2.15. The number of rotatable bonds is 6. The second-order valence-electron chi connectivity index (χ2n) is 7.91. The number of amides is 1. The summed E-state index contributed by atoms with van der Waals surface area (Å²) in [5.74, 6) is -1.02. The number of carbonyl (C=O) groups is 1. The molecule has 3 aromatic rings. The summed E-state index contributed by atoms with van der Waals surface area (Å²) in [7, 11) is -3.10. The number of nitrogens with one attached hydrogen (secondary N) is 1. The molecule has 3 heterocycles. The average molecular weight is 447 g/mol. The largest absolute Gasteiger partial charge is 0.341 e. The highest BCUT2D eigenvalue weighted by molar-refractivity contribution is 7.91. The van der Waals surface area contributed by atoms with Crippen LogP contribution in [0.1, 0.15) is 28.0 Å². The minimum absolute atomic E-state index is 0.0752. The van der Waals surface area contributed by atoms with Crippen molar-refractivity contribution in [3.63, 3.8) is 0 Å². The predicted molar refractivity (Wildman–Crippen MR) is 113 cm³/mol. The zero-order valence-electron chi connectivity index (χ0n) is 17.0. The van der Waals surface area contributed by atoms with Gasteiger partial charge in [0.2, 0.25) is 0 Å². The van der Waals surface area contributed by atoms with E-state index in [2.05, 4.69) is 9.88 Å². The van der Waals surface area contributed by atoms with Crippen LogP contribution in [0.25, 0.3) is 10.9 Å². The van der Waals surface area contributed by atoms with Gasteiger partial charge in [0.15, 0.2) is 9.84 Å². The van der Waals surface area contributed by atoms with Gasteiger partial charge in [-0.05, 0) is 42.3 Å². The van der Waals surface area contributed by atoms with Crippen LogP contribution in [0, 0.1) is 5.82 Å². The fraction of sp³-hybridized carbons (Fsp3) is 0.333. The molecule has 0 radical (unpaired) electrons. The van der Waals surface area contributed by atoms with E-state index in [9.17, 15) is 17.6 Å². The molecule has 1 saturated heterocycles. The molecule has 1 fully saturated rings.